The van der Waals surface area contributed by atoms with E-state index in [9.17, 15) is 4.79 Å². The summed E-state index contributed by atoms with van der Waals surface area (Å²) in [5.41, 5.74) is 3.02. The minimum absolute atomic E-state index is 0.0404. The van der Waals surface area contributed by atoms with Gasteiger partial charge >= 0.3 is 0 Å². The van der Waals surface area contributed by atoms with Crippen molar-refractivity contribution in [3.05, 3.63) is 64.8 Å². The zero-order valence-corrected chi connectivity index (χ0v) is 11.5. The molecular weight excluding hydrogens is 250 g/mol. The molecule has 0 radical (unpaired) electrons. The third kappa shape index (κ3) is 2.30. The van der Waals surface area contributed by atoms with Crippen molar-refractivity contribution in [3.63, 3.8) is 0 Å². The molecule has 1 aliphatic carbocycles. The fourth-order valence-corrected chi connectivity index (χ4v) is 2.14. The number of rotatable bonds is 2. The summed E-state index contributed by atoms with van der Waals surface area (Å²) in [5.74, 6) is 1.38. The Balaban J connectivity index is 2.06. The van der Waals surface area contributed by atoms with Gasteiger partial charge in [0, 0.05) is 37.0 Å². The third-order valence-electron chi connectivity index (χ3n) is 3.29. The van der Waals surface area contributed by atoms with Crippen LogP contribution in [0.4, 0.5) is 5.69 Å². The molecule has 2 aliphatic rings. The number of nitrogens with zero attached hydrogens (tertiary/aromatic N) is 1. The van der Waals surface area contributed by atoms with Crippen LogP contribution in [-0.2, 0) is 0 Å². The first-order valence-corrected chi connectivity index (χ1v) is 6.45. The Hall–Kier alpha value is -2.55. The summed E-state index contributed by atoms with van der Waals surface area (Å²) in [6, 6.07) is 16.8. The molecule has 0 saturated carbocycles. The van der Waals surface area contributed by atoms with E-state index in [1.54, 1.807) is 12.1 Å². The standard InChI is InChI=1S/C17H15NO2/c1-18(2)14-7-3-12(4-8-14)16-10-6-13-5-9-15(19)11-17(13)20-16/h3-11H,1-2H3. The highest BCUT2D eigenvalue weighted by molar-refractivity contribution is 5.66. The quantitative estimate of drug-likeness (QED) is 0.711. The largest absolute Gasteiger partial charge is 0.456 e. The van der Waals surface area contributed by atoms with Crippen molar-refractivity contribution in [1.29, 1.82) is 0 Å². The summed E-state index contributed by atoms with van der Waals surface area (Å²) in [6.07, 6.45) is 0. The highest BCUT2D eigenvalue weighted by Crippen LogP contribution is 2.28. The Morgan fingerprint density at radius 3 is 2.10 bits per heavy atom. The van der Waals surface area contributed by atoms with Crippen LogP contribution in [0, 0.1) is 0 Å². The predicted molar refractivity (Wildman–Crippen MR) is 81.4 cm³/mol. The van der Waals surface area contributed by atoms with Gasteiger partial charge in [0.1, 0.15) is 11.5 Å². The summed E-state index contributed by atoms with van der Waals surface area (Å²) < 4.78 is 5.82. The minimum Gasteiger partial charge on any atom is -0.456 e. The van der Waals surface area contributed by atoms with Crippen LogP contribution < -0.4 is 10.3 Å². The lowest BCUT2D eigenvalue weighted by Crippen LogP contribution is -2.07. The predicted octanol–water partition coefficient (Wildman–Crippen LogP) is 3.48. The van der Waals surface area contributed by atoms with Crippen LogP contribution in [0.5, 0.6) is 0 Å². The fourth-order valence-electron chi connectivity index (χ4n) is 2.14. The van der Waals surface area contributed by atoms with Crippen molar-refractivity contribution in [2.24, 2.45) is 0 Å². The van der Waals surface area contributed by atoms with E-state index >= 15 is 0 Å². The maximum absolute atomic E-state index is 11.4. The Morgan fingerprint density at radius 2 is 1.40 bits per heavy atom. The van der Waals surface area contributed by atoms with Crippen molar-refractivity contribution in [2.75, 3.05) is 19.0 Å². The zero-order chi connectivity index (χ0) is 14.1. The van der Waals surface area contributed by atoms with Gasteiger partial charge in [0.25, 0.3) is 0 Å². The summed E-state index contributed by atoms with van der Waals surface area (Å²) in [6.45, 7) is 0. The Bertz CT molecular complexity index is 757. The van der Waals surface area contributed by atoms with Crippen molar-refractivity contribution in [1.82, 2.24) is 0 Å². The van der Waals surface area contributed by atoms with Crippen LogP contribution in [0.25, 0.3) is 22.6 Å². The molecule has 0 atom stereocenters. The van der Waals surface area contributed by atoms with E-state index in [4.69, 9.17) is 4.42 Å². The lowest BCUT2D eigenvalue weighted by Gasteiger charge is -2.13. The first-order chi connectivity index (χ1) is 9.63. The lowest BCUT2D eigenvalue weighted by molar-refractivity contribution is 0.580. The van der Waals surface area contributed by atoms with Crippen LogP contribution in [0.3, 0.4) is 0 Å². The number of anilines is 1. The van der Waals surface area contributed by atoms with Gasteiger partial charge in [-0.25, -0.2) is 0 Å². The molecule has 1 heterocycles. The molecule has 100 valence electrons. The zero-order valence-electron chi connectivity index (χ0n) is 11.5. The first-order valence-electron chi connectivity index (χ1n) is 6.45. The van der Waals surface area contributed by atoms with Crippen LogP contribution >= 0.6 is 0 Å². The number of benzene rings is 2. The molecule has 1 aliphatic heterocycles. The molecule has 0 unspecified atom stereocenters. The monoisotopic (exact) mass is 265 g/mol. The molecule has 0 saturated heterocycles. The smallest absolute Gasteiger partial charge is 0.182 e. The second-order valence-corrected chi connectivity index (χ2v) is 4.94. The molecule has 0 fully saturated rings. The molecule has 3 nitrogen and oxygen atoms in total. The Kier molecular flexibility index (Phi) is 3.03. The molecule has 0 amide bonds. The van der Waals surface area contributed by atoms with Crippen LogP contribution in [-0.4, -0.2) is 14.1 Å². The van der Waals surface area contributed by atoms with Gasteiger partial charge in [-0.15, -0.1) is 0 Å². The maximum atomic E-state index is 11.4. The van der Waals surface area contributed by atoms with E-state index in [1.807, 2.05) is 55.4 Å². The van der Waals surface area contributed by atoms with Gasteiger partial charge in [0.2, 0.25) is 0 Å². The van der Waals surface area contributed by atoms with E-state index in [2.05, 4.69) is 0 Å². The second-order valence-electron chi connectivity index (χ2n) is 4.94. The normalized spacial score (nSPS) is 10.7. The van der Waals surface area contributed by atoms with Crippen LogP contribution in [0.2, 0.25) is 0 Å². The highest BCUT2D eigenvalue weighted by atomic mass is 16.3. The molecule has 20 heavy (non-hydrogen) atoms. The van der Waals surface area contributed by atoms with Crippen LogP contribution in [0.1, 0.15) is 0 Å². The van der Waals surface area contributed by atoms with Gasteiger partial charge in [-0.3, -0.25) is 4.79 Å². The van der Waals surface area contributed by atoms with Gasteiger partial charge in [-0.2, -0.15) is 0 Å². The van der Waals surface area contributed by atoms with Gasteiger partial charge in [-0.1, -0.05) is 0 Å². The molecular formula is C17H15NO2. The average Bonchev–Trinajstić information content (AvgIpc) is 2.46. The molecule has 1 aromatic rings. The summed E-state index contributed by atoms with van der Waals surface area (Å²) in [4.78, 5) is 13.4. The summed E-state index contributed by atoms with van der Waals surface area (Å²) >= 11 is 0. The van der Waals surface area contributed by atoms with Gasteiger partial charge < -0.3 is 9.32 Å². The third-order valence-corrected chi connectivity index (χ3v) is 3.29. The molecule has 1 aromatic carbocycles. The van der Waals surface area contributed by atoms with E-state index < -0.39 is 0 Å². The van der Waals surface area contributed by atoms with Crippen molar-refractivity contribution in [2.45, 2.75) is 0 Å². The van der Waals surface area contributed by atoms with Crippen molar-refractivity contribution in [3.8, 4) is 22.6 Å². The maximum Gasteiger partial charge on any atom is 0.182 e. The van der Waals surface area contributed by atoms with Crippen molar-refractivity contribution < 1.29 is 4.42 Å². The first kappa shape index (κ1) is 12.5. The van der Waals surface area contributed by atoms with Gasteiger partial charge in [-0.05, 0) is 48.5 Å². The Morgan fingerprint density at radius 1 is 0.800 bits per heavy atom. The molecule has 0 N–H and O–H groups in total. The van der Waals surface area contributed by atoms with Gasteiger partial charge in [0.15, 0.2) is 5.43 Å². The van der Waals surface area contributed by atoms with Crippen molar-refractivity contribution >= 4 is 5.69 Å². The molecule has 3 heteroatoms. The summed E-state index contributed by atoms with van der Waals surface area (Å²) in [5, 5.41) is 0. The second kappa shape index (κ2) is 4.85. The fraction of sp³-hybridized carbons (Fsp3) is 0.118. The lowest BCUT2D eigenvalue weighted by atomic mass is 10.1. The summed E-state index contributed by atoms with van der Waals surface area (Å²) in [7, 11) is 4.01. The SMILES string of the molecule is CN(C)c1ccc(-c2ccc3ccc(=O)cc-3o2)cc1. The van der Waals surface area contributed by atoms with E-state index in [0.29, 0.717) is 5.76 Å². The van der Waals surface area contributed by atoms with E-state index in [0.717, 1.165) is 22.6 Å². The van der Waals surface area contributed by atoms with E-state index in [1.165, 1.54) is 6.07 Å². The van der Waals surface area contributed by atoms with Gasteiger partial charge in [0.05, 0.1) is 0 Å². The average molecular weight is 265 g/mol. The topological polar surface area (TPSA) is 33.5 Å². The number of hydrogen-bond acceptors (Lipinski definition) is 3. The molecule has 3 rings (SSSR count). The molecule has 0 bridgehead atoms. The highest BCUT2D eigenvalue weighted by Gasteiger charge is 2.08. The number of fused-ring (bicyclic) bond motifs is 1. The van der Waals surface area contributed by atoms with E-state index in [-0.39, 0.29) is 5.43 Å². The Labute approximate surface area is 117 Å². The minimum atomic E-state index is -0.0404. The molecule has 0 aromatic heterocycles. The molecule has 0 spiro atoms. The number of hydrogen-bond donors (Lipinski definition) is 0. The van der Waals surface area contributed by atoms with Crippen LogP contribution in [0.15, 0.2) is 63.8 Å².